The lowest BCUT2D eigenvalue weighted by molar-refractivity contribution is 0.628. The van der Waals surface area contributed by atoms with E-state index in [0.717, 1.165) is 22.5 Å². The highest BCUT2D eigenvalue weighted by molar-refractivity contribution is 5.61. The van der Waals surface area contributed by atoms with Crippen LogP contribution in [0.4, 0.5) is 27.5 Å². The second-order valence-corrected chi connectivity index (χ2v) is 5.24. The Morgan fingerprint density at radius 3 is 2.52 bits per heavy atom. The van der Waals surface area contributed by atoms with Gasteiger partial charge in [-0.2, -0.15) is 10.1 Å². The molecule has 0 bridgehead atoms. The number of aryl methyl sites for hydroxylation is 2. The first kappa shape index (κ1) is 14.9. The molecule has 0 aliphatic rings. The Balaban J connectivity index is 1.79. The smallest absolute Gasteiger partial charge is 0.249 e. The van der Waals surface area contributed by atoms with Crippen LogP contribution in [0.1, 0.15) is 11.1 Å². The molecule has 0 amide bonds. The van der Waals surface area contributed by atoms with Gasteiger partial charge < -0.3 is 10.6 Å². The minimum absolute atomic E-state index is 0.284. The minimum Gasteiger partial charge on any atom is -0.339 e. The summed E-state index contributed by atoms with van der Waals surface area (Å²) in [5, 5.41) is 14.2. The van der Waals surface area contributed by atoms with Crippen molar-refractivity contribution in [1.82, 2.24) is 15.2 Å². The van der Waals surface area contributed by atoms with Gasteiger partial charge in [-0.25, -0.2) is 4.39 Å². The molecule has 0 saturated carbocycles. The molecule has 6 heteroatoms. The summed E-state index contributed by atoms with van der Waals surface area (Å²) in [5.41, 5.74) is 3.90. The van der Waals surface area contributed by atoms with Gasteiger partial charge in [0, 0.05) is 11.4 Å². The Morgan fingerprint density at radius 2 is 1.74 bits per heavy atom. The van der Waals surface area contributed by atoms with Crippen LogP contribution in [-0.2, 0) is 0 Å². The lowest BCUT2D eigenvalue weighted by Crippen LogP contribution is -2.03. The number of rotatable bonds is 4. The van der Waals surface area contributed by atoms with E-state index in [-0.39, 0.29) is 5.82 Å². The van der Waals surface area contributed by atoms with Crippen LogP contribution in [0.25, 0.3) is 0 Å². The van der Waals surface area contributed by atoms with Gasteiger partial charge in [-0.1, -0.05) is 12.1 Å². The maximum atomic E-state index is 12.9. The highest BCUT2D eigenvalue weighted by atomic mass is 19.1. The molecule has 0 radical (unpaired) electrons. The van der Waals surface area contributed by atoms with E-state index in [9.17, 15) is 4.39 Å². The molecule has 0 saturated heterocycles. The van der Waals surface area contributed by atoms with Crippen LogP contribution >= 0.6 is 0 Å². The molecule has 23 heavy (non-hydrogen) atoms. The summed E-state index contributed by atoms with van der Waals surface area (Å²) in [6.07, 6.45) is 1.51. The summed E-state index contributed by atoms with van der Waals surface area (Å²) in [5.74, 6) is 0.638. The van der Waals surface area contributed by atoms with Crippen molar-refractivity contribution in [3.8, 4) is 0 Å². The van der Waals surface area contributed by atoms with E-state index in [1.165, 1.54) is 18.3 Å². The topological polar surface area (TPSA) is 62.7 Å². The van der Waals surface area contributed by atoms with Crippen molar-refractivity contribution in [3.05, 3.63) is 65.6 Å². The number of halogens is 1. The van der Waals surface area contributed by atoms with Gasteiger partial charge in [0.25, 0.3) is 0 Å². The largest absolute Gasteiger partial charge is 0.339 e. The van der Waals surface area contributed by atoms with Gasteiger partial charge in [0.2, 0.25) is 5.95 Å². The zero-order valence-electron chi connectivity index (χ0n) is 12.8. The van der Waals surface area contributed by atoms with E-state index >= 15 is 0 Å². The normalized spacial score (nSPS) is 10.4. The maximum Gasteiger partial charge on any atom is 0.249 e. The van der Waals surface area contributed by atoms with Gasteiger partial charge in [-0.15, -0.1) is 5.10 Å². The molecule has 1 aromatic heterocycles. The SMILES string of the molecule is Cc1ccc(C)c(Nc2nncc(Nc3ccc(F)cc3)n2)c1. The molecule has 1 heterocycles. The third kappa shape index (κ3) is 3.79. The maximum absolute atomic E-state index is 12.9. The van der Waals surface area contributed by atoms with Gasteiger partial charge in [-0.05, 0) is 55.3 Å². The molecule has 0 aliphatic heterocycles. The number of aromatic nitrogens is 3. The summed E-state index contributed by atoms with van der Waals surface area (Å²) in [4.78, 5) is 4.37. The number of benzene rings is 2. The predicted molar refractivity (Wildman–Crippen MR) is 88.7 cm³/mol. The fraction of sp³-hybridized carbons (Fsp3) is 0.118. The van der Waals surface area contributed by atoms with E-state index in [4.69, 9.17) is 0 Å². The Kier molecular flexibility index (Phi) is 4.14. The van der Waals surface area contributed by atoms with E-state index < -0.39 is 0 Å². The van der Waals surface area contributed by atoms with Crippen LogP contribution in [0, 0.1) is 19.7 Å². The molecule has 3 rings (SSSR count). The molecular formula is C17H16FN5. The first-order valence-electron chi connectivity index (χ1n) is 7.17. The van der Waals surface area contributed by atoms with Crippen LogP contribution in [0.15, 0.2) is 48.7 Å². The Bertz CT molecular complexity index is 817. The van der Waals surface area contributed by atoms with Gasteiger partial charge in [0.05, 0.1) is 6.20 Å². The standard InChI is InChI=1S/C17H16FN5/c1-11-3-4-12(2)15(9-11)21-17-22-16(10-19-23-17)20-14-7-5-13(18)6-8-14/h3-10H,1-2H3,(H2,20,21,22,23). The van der Waals surface area contributed by atoms with Crippen molar-refractivity contribution >= 4 is 23.1 Å². The zero-order valence-corrected chi connectivity index (χ0v) is 12.8. The first-order valence-corrected chi connectivity index (χ1v) is 7.17. The molecule has 5 nitrogen and oxygen atoms in total. The Hall–Kier alpha value is -3.02. The number of nitrogens with one attached hydrogen (secondary N) is 2. The summed E-state index contributed by atoms with van der Waals surface area (Å²) in [7, 11) is 0. The second kappa shape index (κ2) is 6.39. The van der Waals surface area contributed by atoms with Gasteiger partial charge in [-0.3, -0.25) is 0 Å². The monoisotopic (exact) mass is 309 g/mol. The fourth-order valence-corrected chi connectivity index (χ4v) is 2.09. The molecule has 0 aliphatic carbocycles. The summed E-state index contributed by atoms with van der Waals surface area (Å²) >= 11 is 0. The number of anilines is 4. The molecule has 2 aromatic carbocycles. The molecule has 2 N–H and O–H groups in total. The molecular weight excluding hydrogens is 293 g/mol. The van der Waals surface area contributed by atoms with Crippen LogP contribution in [-0.4, -0.2) is 15.2 Å². The third-order valence-corrected chi connectivity index (χ3v) is 3.32. The molecule has 3 aromatic rings. The molecule has 0 atom stereocenters. The van der Waals surface area contributed by atoms with Gasteiger partial charge in [0.15, 0.2) is 5.82 Å². The van der Waals surface area contributed by atoms with Crippen molar-refractivity contribution in [2.75, 3.05) is 10.6 Å². The Labute approximate surface area is 133 Å². The third-order valence-electron chi connectivity index (χ3n) is 3.32. The van der Waals surface area contributed by atoms with Crippen molar-refractivity contribution in [1.29, 1.82) is 0 Å². The van der Waals surface area contributed by atoms with E-state index in [2.05, 4.69) is 25.8 Å². The number of hydrogen-bond donors (Lipinski definition) is 2. The summed E-state index contributed by atoms with van der Waals surface area (Å²) < 4.78 is 12.9. The lowest BCUT2D eigenvalue weighted by Gasteiger charge is -2.10. The highest BCUT2D eigenvalue weighted by Crippen LogP contribution is 2.20. The quantitative estimate of drug-likeness (QED) is 0.759. The van der Waals surface area contributed by atoms with Crippen LogP contribution in [0.5, 0.6) is 0 Å². The van der Waals surface area contributed by atoms with Crippen molar-refractivity contribution in [2.24, 2.45) is 0 Å². The number of hydrogen-bond acceptors (Lipinski definition) is 5. The zero-order chi connectivity index (χ0) is 16.2. The molecule has 0 fully saturated rings. The summed E-state index contributed by atoms with van der Waals surface area (Å²) in [6.45, 7) is 4.03. The first-order chi connectivity index (χ1) is 11.1. The highest BCUT2D eigenvalue weighted by Gasteiger charge is 2.04. The lowest BCUT2D eigenvalue weighted by atomic mass is 10.1. The minimum atomic E-state index is -0.284. The van der Waals surface area contributed by atoms with Crippen molar-refractivity contribution < 1.29 is 4.39 Å². The van der Waals surface area contributed by atoms with Crippen molar-refractivity contribution in [2.45, 2.75) is 13.8 Å². The average Bonchev–Trinajstić information content (AvgIpc) is 2.54. The van der Waals surface area contributed by atoms with E-state index in [0.29, 0.717) is 11.8 Å². The molecule has 0 unspecified atom stereocenters. The van der Waals surface area contributed by atoms with Gasteiger partial charge in [0.1, 0.15) is 5.82 Å². The number of nitrogens with zero attached hydrogens (tertiary/aromatic N) is 3. The fourth-order valence-electron chi connectivity index (χ4n) is 2.09. The molecule has 116 valence electrons. The van der Waals surface area contributed by atoms with E-state index in [1.54, 1.807) is 12.1 Å². The van der Waals surface area contributed by atoms with Gasteiger partial charge >= 0.3 is 0 Å². The van der Waals surface area contributed by atoms with Crippen LogP contribution < -0.4 is 10.6 Å². The second-order valence-electron chi connectivity index (χ2n) is 5.24. The van der Waals surface area contributed by atoms with Crippen LogP contribution in [0.2, 0.25) is 0 Å². The van der Waals surface area contributed by atoms with Crippen LogP contribution in [0.3, 0.4) is 0 Å². The predicted octanol–water partition coefficient (Wildman–Crippen LogP) is 4.11. The molecule has 0 spiro atoms. The van der Waals surface area contributed by atoms with E-state index in [1.807, 2.05) is 32.0 Å². The summed E-state index contributed by atoms with van der Waals surface area (Å²) in [6, 6.07) is 12.1. The Morgan fingerprint density at radius 1 is 0.957 bits per heavy atom. The van der Waals surface area contributed by atoms with Crippen molar-refractivity contribution in [3.63, 3.8) is 0 Å². The average molecular weight is 309 g/mol.